The molecule has 1 heterocycles. The Bertz CT molecular complexity index is 492. The molecule has 1 atom stereocenters. The Morgan fingerprint density at radius 3 is 2.60 bits per heavy atom. The van der Waals surface area contributed by atoms with Crippen molar-refractivity contribution < 1.29 is 18.9 Å². The Labute approximate surface area is 117 Å². The largest absolute Gasteiger partial charge is 0.344 e. The molecule has 0 radical (unpaired) electrons. The molecule has 0 aliphatic carbocycles. The van der Waals surface area contributed by atoms with Gasteiger partial charge in [-0.25, -0.2) is 0 Å². The Morgan fingerprint density at radius 2 is 2.00 bits per heavy atom. The van der Waals surface area contributed by atoms with Crippen molar-refractivity contribution in [2.24, 2.45) is 0 Å². The molecule has 1 unspecified atom stereocenters. The standard InChI is InChI=1S/C13H13N3O4/c1-17-13(7-15)20-10-16-11-8-18-12(19-9-11)5-3-2-4-6-14/h11-13,16H,8-10H2,1H3. The Kier molecular flexibility index (Phi) is 7.80. The van der Waals surface area contributed by atoms with Crippen molar-refractivity contribution >= 4 is 0 Å². The molecule has 1 aliphatic rings. The lowest BCUT2D eigenvalue weighted by atomic mass is 10.3. The van der Waals surface area contributed by atoms with Gasteiger partial charge < -0.3 is 18.9 Å². The van der Waals surface area contributed by atoms with Crippen molar-refractivity contribution in [1.29, 1.82) is 10.5 Å². The first kappa shape index (κ1) is 16.0. The fraction of sp³-hybridized carbons (Fsp3) is 0.538. The van der Waals surface area contributed by atoms with Crippen molar-refractivity contribution in [2.45, 2.75) is 18.6 Å². The van der Waals surface area contributed by atoms with Crippen LogP contribution >= 0.6 is 0 Å². The summed E-state index contributed by atoms with van der Waals surface area (Å²) >= 11 is 0. The second kappa shape index (κ2) is 9.78. The maximum Gasteiger partial charge on any atom is 0.249 e. The molecule has 7 heteroatoms. The fourth-order valence-electron chi connectivity index (χ4n) is 1.26. The van der Waals surface area contributed by atoms with E-state index in [1.165, 1.54) is 7.11 Å². The number of ether oxygens (including phenoxy) is 4. The minimum absolute atomic E-state index is 0.0607. The van der Waals surface area contributed by atoms with E-state index in [4.69, 9.17) is 29.5 Å². The van der Waals surface area contributed by atoms with Crippen LogP contribution in [0.1, 0.15) is 0 Å². The number of hydrogen-bond donors (Lipinski definition) is 1. The molecule has 1 fully saturated rings. The maximum atomic E-state index is 8.59. The summed E-state index contributed by atoms with van der Waals surface area (Å²) < 4.78 is 20.4. The van der Waals surface area contributed by atoms with Gasteiger partial charge in [0.1, 0.15) is 12.8 Å². The third-order valence-corrected chi connectivity index (χ3v) is 2.19. The highest BCUT2D eigenvalue weighted by Gasteiger charge is 2.20. The van der Waals surface area contributed by atoms with Crippen LogP contribution in [0.5, 0.6) is 0 Å². The average molecular weight is 275 g/mol. The third-order valence-electron chi connectivity index (χ3n) is 2.19. The topological polar surface area (TPSA) is 96.5 Å². The van der Waals surface area contributed by atoms with Gasteiger partial charge in [-0.1, -0.05) is 0 Å². The van der Waals surface area contributed by atoms with Gasteiger partial charge in [-0.15, -0.1) is 0 Å². The number of nitrogens with one attached hydrogen (secondary N) is 1. The summed E-state index contributed by atoms with van der Waals surface area (Å²) in [5.41, 5.74) is 0. The second-order valence-corrected chi connectivity index (χ2v) is 3.54. The van der Waals surface area contributed by atoms with E-state index in [0.717, 1.165) is 0 Å². The Hall–Kier alpha value is -2.10. The van der Waals surface area contributed by atoms with Gasteiger partial charge >= 0.3 is 0 Å². The van der Waals surface area contributed by atoms with E-state index < -0.39 is 12.6 Å². The molecule has 0 bridgehead atoms. The predicted octanol–water partition coefficient (Wildman–Crippen LogP) is -0.682. The second-order valence-electron chi connectivity index (χ2n) is 3.54. The first-order valence-corrected chi connectivity index (χ1v) is 5.70. The predicted molar refractivity (Wildman–Crippen MR) is 66.1 cm³/mol. The molecular weight excluding hydrogens is 262 g/mol. The quantitative estimate of drug-likeness (QED) is 0.524. The van der Waals surface area contributed by atoms with E-state index >= 15 is 0 Å². The van der Waals surface area contributed by atoms with Gasteiger partial charge in [0.15, 0.2) is 6.07 Å². The summed E-state index contributed by atoms with van der Waals surface area (Å²) in [7, 11) is 1.39. The van der Waals surface area contributed by atoms with Crippen LogP contribution in [0, 0.1) is 46.3 Å². The molecule has 0 aromatic heterocycles. The van der Waals surface area contributed by atoms with Gasteiger partial charge in [0.2, 0.25) is 12.6 Å². The highest BCUT2D eigenvalue weighted by molar-refractivity contribution is 5.32. The van der Waals surface area contributed by atoms with E-state index in [2.05, 4.69) is 29.0 Å². The SMILES string of the molecule is COC(C#N)OCNC1COC(C#CC#CC#N)OC1. The minimum atomic E-state index is -0.898. The summed E-state index contributed by atoms with van der Waals surface area (Å²) in [6.45, 7) is 0.921. The molecule has 0 saturated carbocycles. The fourth-order valence-corrected chi connectivity index (χ4v) is 1.26. The number of methoxy groups -OCH3 is 1. The van der Waals surface area contributed by atoms with Crippen LogP contribution in [0.25, 0.3) is 0 Å². The van der Waals surface area contributed by atoms with Crippen LogP contribution in [0.15, 0.2) is 0 Å². The molecule has 7 nitrogen and oxygen atoms in total. The van der Waals surface area contributed by atoms with Crippen molar-refractivity contribution in [2.75, 3.05) is 27.1 Å². The molecule has 1 rings (SSSR count). The number of hydrogen-bond acceptors (Lipinski definition) is 7. The van der Waals surface area contributed by atoms with E-state index in [9.17, 15) is 0 Å². The summed E-state index contributed by atoms with van der Waals surface area (Å²) in [6.07, 6.45) is -1.54. The van der Waals surface area contributed by atoms with E-state index in [-0.39, 0.29) is 12.8 Å². The van der Waals surface area contributed by atoms with Crippen molar-refractivity contribution in [3.05, 3.63) is 0 Å². The molecule has 0 spiro atoms. The van der Waals surface area contributed by atoms with Crippen LogP contribution in [0.3, 0.4) is 0 Å². The van der Waals surface area contributed by atoms with Gasteiger partial charge in [0.25, 0.3) is 0 Å². The van der Waals surface area contributed by atoms with E-state index in [1.807, 2.05) is 6.07 Å². The lowest BCUT2D eigenvalue weighted by Crippen LogP contribution is -2.45. The van der Waals surface area contributed by atoms with E-state index in [0.29, 0.717) is 13.2 Å². The number of nitrogens with zero attached hydrogens (tertiary/aromatic N) is 2. The van der Waals surface area contributed by atoms with Crippen molar-refractivity contribution in [3.63, 3.8) is 0 Å². The highest BCUT2D eigenvalue weighted by atomic mass is 16.7. The normalized spacial score (nSPS) is 22.1. The molecule has 20 heavy (non-hydrogen) atoms. The summed E-state index contributed by atoms with van der Waals surface area (Å²) in [4.78, 5) is 0. The zero-order chi connectivity index (χ0) is 14.6. The molecule has 1 aliphatic heterocycles. The van der Waals surface area contributed by atoms with Crippen LogP contribution < -0.4 is 5.32 Å². The third kappa shape index (κ3) is 6.18. The van der Waals surface area contributed by atoms with Crippen molar-refractivity contribution in [3.8, 4) is 35.8 Å². The van der Waals surface area contributed by atoms with Gasteiger partial charge in [0.05, 0.1) is 19.3 Å². The molecule has 0 aromatic carbocycles. The van der Waals surface area contributed by atoms with Crippen molar-refractivity contribution in [1.82, 2.24) is 5.32 Å². The Morgan fingerprint density at radius 1 is 1.25 bits per heavy atom. The molecule has 1 N–H and O–H groups in total. The van der Waals surface area contributed by atoms with Gasteiger partial charge in [-0.3, -0.25) is 5.32 Å². The molecular formula is C13H13N3O4. The molecule has 0 amide bonds. The van der Waals surface area contributed by atoms with Gasteiger partial charge in [-0.2, -0.15) is 10.5 Å². The maximum absolute atomic E-state index is 8.59. The van der Waals surface area contributed by atoms with Crippen LogP contribution in [-0.2, 0) is 18.9 Å². The summed E-state index contributed by atoms with van der Waals surface area (Å²) in [5, 5.41) is 19.8. The smallest absolute Gasteiger partial charge is 0.249 e. The lowest BCUT2D eigenvalue weighted by Gasteiger charge is -2.27. The molecule has 104 valence electrons. The molecule has 1 saturated heterocycles. The van der Waals surface area contributed by atoms with Crippen LogP contribution in [0.4, 0.5) is 0 Å². The zero-order valence-electron chi connectivity index (χ0n) is 10.9. The van der Waals surface area contributed by atoms with Gasteiger partial charge in [-0.05, 0) is 11.8 Å². The summed E-state index contributed by atoms with van der Waals surface area (Å²) in [5.74, 6) is 9.58. The average Bonchev–Trinajstić information content (AvgIpc) is 2.49. The lowest BCUT2D eigenvalue weighted by molar-refractivity contribution is -0.164. The number of rotatable bonds is 5. The monoisotopic (exact) mass is 275 g/mol. The van der Waals surface area contributed by atoms with Crippen LogP contribution in [0.2, 0.25) is 0 Å². The van der Waals surface area contributed by atoms with Gasteiger partial charge in [0, 0.05) is 19.0 Å². The minimum Gasteiger partial charge on any atom is -0.344 e. The van der Waals surface area contributed by atoms with E-state index in [1.54, 1.807) is 6.07 Å². The zero-order valence-corrected chi connectivity index (χ0v) is 10.9. The van der Waals surface area contributed by atoms with Crippen LogP contribution in [-0.4, -0.2) is 45.7 Å². The first-order chi connectivity index (χ1) is 9.80. The highest BCUT2D eigenvalue weighted by Crippen LogP contribution is 2.04. The molecule has 0 aromatic rings. The Balaban J connectivity index is 2.21. The summed E-state index contributed by atoms with van der Waals surface area (Å²) in [6, 6.07) is 3.42. The first-order valence-electron chi connectivity index (χ1n) is 5.70. The number of nitriles is 2.